The van der Waals surface area contributed by atoms with E-state index in [1.165, 1.54) is 0 Å². The molecule has 1 heterocycles. The number of carboxylic acid groups (broad SMARTS) is 1. The Morgan fingerprint density at radius 3 is 2.40 bits per heavy atom. The van der Waals surface area contributed by atoms with E-state index in [1.54, 1.807) is 23.6 Å². The van der Waals surface area contributed by atoms with Crippen molar-refractivity contribution in [2.45, 2.75) is 19.6 Å². The molecule has 0 aliphatic rings. The zero-order valence-corrected chi connectivity index (χ0v) is 13.1. The van der Waals surface area contributed by atoms with Crippen LogP contribution in [-0.2, 0) is 20.9 Å². The molecule has 4 N–H and O–H groups in total. The highest BCUT2D eigenvalue weighted by Crippen LogP contribution is 2.17. The number of halogens is 3. The summed E-state index contributed by atoms with van der Waals surface area (Å²) in [5.41, 5.74) is 6.97. The SMILES string of the molecule is CCOC(=O)Cn1ccc2ccc(C(=N)N)cc21.O=C(O)C(F)(F)F. The average Bonchev–Trinajstić information content (AvgIpc) is 2.89. The third-order valence-corrected chi connectivity index (χ3v) is 2.93. The Morgan fingerprint density at radius 2 is 1.92 bits per heavy atom. The minimum Gasteiger partial charge on any atom is -0.475 e. The van der Waals surface area contributed by atoms with Crippen LogP contribution in [-0.4, -0.2) is 40.2 Å². The van der Waals surface area contributed by atoms with Crippen molar-refractivity contribution in [2.75, 3.05) is 6.61 Å². The Morgan fingerprint density at radius 1 is 1.32 bits per heavy atom. The van der Waals surface area contributed by atoms with Gasteiger partial charge in [0.1, 0.15) is 12.4 Å². The molecule has 0 unspecified atom stereocenters. The fraction of sp³-hybridized carbons (Fsp3) is 0.267. The maximum Gasteiger partial charge on any atom is 0.490 e. The number of ether oxygens (including phenoxy) is 1. The van der Waals surface area contributed by atoms with Gasteiger partial charge in [-0.2, -0.15) is 13.2 Å². The van der Waals surface area contributed by atoms with E-state index in [0.717, 1.165) is 10.9 Å². The van der Waals surface area contributed by atoms with Gasteiger partial charge in [-0.15, -0.1) is 0 Å². The summed E-state index contributed by atoms with van der Waals surface area (Å²) in [5.74, 6) is -3.02. The summed E-state index contributed by atoms with van der Waals surface area (Å²) < 4.78 is 38.4. The molecular weight excluding hydrogens is 343 g/mol. The van der Waals surface area contributed by atoms with Gasteiger partial charge in [-0.3, -0.25) is 10.2 Å². The summed E-state index contributed by atoms with van der Waals surface area (Å²) in [6.45, 7) is 2.31. The highest BCUT2D eigenvalue weighted by atomic mass is 19.4. The Balaban J connectivity index is 0.000000381. The molecule has 0 aliphatic heterocycles. The van der Waals surface area contributed by atoms with Crippen LogP contribution in [0.3, 0.4) is 0 Å². The van der Waals surface area contributed by atoms with Gasteiger partial charge >= 0.3 is 18.1 Å². The molecule has 0 saturated heterocycles. The number of nitrogens with two attached hydrogens (primary N) is 1. The highest BCUT2D eigenvalue weighted by molar-refractivity contribution is 5.98. The minimum absolute atomic E-state index is 0.0146. The van der Waals surface area contributed by atoms with Crippen LogP contribution in [0.15, 0.2) is 30.5 Å². The number of fused-ring (bicyclic) bond motifs is 1. The predicted octanol–water partition coefficient (Wildman–Crippen LogP) is 2.12. The second-order valence-electron chi connectivity index (χ2n) is 4.74. The van der Waals surface area contributed by atoms with Crippen LogP contribution in [0, 0.1) is 5.41 Å². The molecule has 0 bridgehead atoms. The molecule has 136 valence electrons. The van der Waals surface area contributed by atoms with Gasteiger partial charge in [0.2, 0.25) is 0 Å². The Hall–Kier alpha value is -3.04. The lowest BCUT2D eigenvalue weighted by Gasteiger charge is -2.06. The number of aromatic nitrogens is 1. The molecule has 0 saturated carbocycles. The lowest BCUT2D eigenvalue weighted by atomic mass is 10.1. The van der Waals surface area contributed by atoms with E-state index >= 15 is 0 Å². The molecule has 1 aromatic carbocycles. The number of nitrogens with zero attached hydrogens (tertiary/aromatic N) is 1. The molecule has 0 aliphatic carbocycles. The van der Waals surface area contributed by atoms with E-state index < -0.39 is 12.1 Å². The summed E-state index contributed by atoms with van der Waals surface area (Å²) in [6.07, 6.45) is -3.26. The van der Waals surface area contributed by atoms with Crippen LogP contribution >= 0.6 is 0 Å². The van der Waals surface area contributed by atoms with Crippen molar-refractivity contribution in [3.05, 3.63) is 36.0 Å². The van der Waals surface area contributed by atoms with Crippen LogP contribution < -0.4 is 5.73 Å². The van der Waals surface area contributed by atoms with Gasteiger partial charge in [-0.25, -0.2) is 4.79 Å². The molecule has 2 aromatic rings. The average molecular weight is 359 g/mol. The van der Waals surface area contributed by atoms with Gasteiger partial charge in [0.15, 0.2) is 0 Å². The molecule has 0 fully saturated rings. The van der Waals surface area contributed by atoms with E-state index in [0.29, 0.717) is 12.2 Å². The number of carbonyl (C=O) groups excluding carboxylic acids is 1. The second-order valence-corrected chi connectivity index (χ2v) is 4.74. The predicted molar refractivity (Wildman–Crippen MR) is 83.3 cm³/mol. The summed E-state index contributed by atoms with van der Waals surface area (Å²) in [4.78, 5) is 20.4. The van der Waals surface area contributed by atoms with Crippen molar-refractivity contribution in [2.24, 2.45) is 5.73 Å². The number of alkyl halides is 3. The van der Waals surface area contributed by atoms with E-state index in [-0.39, 0.29) is 18.3 Å². The minimum atomic E-state index is -5.08. The number of carboxylic acids is 1. The largest absolute Gasteiger partial charge is 0.490 e. The number of nitrogen functional groups attached to an aromatic ring is 1. The lowest BCUT2D eigenvalue weighted by molar-refractivity contribution is -0.192. The smallest absolute Gasteiger partial charge is 0.475 e. The van der Waals surface area contributed by atoms with Crippen LogP contribution in [0.25, 0.3) is 10.9 Å². The summed E-state index contributed by atoms with van der Waals surface area (Å²) in [7, 11) is 0. The maximum atomic E-state index is 11.5. The molecule has 10 heteroatoms. The number of rotatable bonds is 4. The van der Waals surface area contributed by atoms with Crippen molar-refractivity contribution in [3.8, 4) is 0 Å². The van der Waals surface area contributed by atoms with E-state index in [4.69, 9.17) is 25.8 Å². The normalized spacial score (nSPS) is 10.7. The van der Waals surface area contributed by atoms with Gasteiger partial charge in [0, 0.05) is 17.3 Å². The number of esters is 1. The molecule has 2 rings (SSSR count). The molecular formula is C15H16F3N3O4. The first-order chi connectivity index (χ1) is 11.6. The molecule has 0 atom stereocenters. The third kappa shape index (κ3) is 5.83. The number of amidine groups is 1. The van der Waals surface area contributed by atoms with Crippen LogP contribution in [0.4, 0.5) is 13.2 Å². The third-order valence-electron chi connectivity index (χ3n) is 2.93. The number of nitrogens with one attached hydrogen (secondary N) is 1. The van der Waals surface area contributed by atoms with Crippen molar-refractivity contribution in [1.29, 1.82) is 5.41 Å². The maximum absolute atomic E-state index is 11.5. The number of benzene rings is 1. The number of aliphatic carboxylic acids is 1. The summed E-state index contributed by atoms with van der Waals surface area (Å²) in [5, 5.41) is 15.5. The first-order valence-corrected chi connectivity index (χ1v) is 6.95. The van der Waals surface area contributed by atoms with Gasteiger partial charge in [0.25, 0.3) is 0 Å². The molecule has 0 radical (unpaired) electrons. The topological polar surface area (TPSA) is 118 Å². The zero-order valence-electron chi connectivity index (χ0n) is 13.1. The van der Waals surface area contributed by atoms with Gasteiger partial charge in [0.05, 0.1) is 6.61 Å². The van der Waals surface area contributed by atoms with Crippen LogP contribution in [0.5, 0.6) is 0 Å². The Labute approximate surface area is 140 Å². The van der Waals surface area contributed by atoms with E-state index in [1.807, 2.05) is 18.3 Å². The van der Waals surface area contributed by atoms with Gasteiger partial charge in [-0.1, -0.05) is 12.1 Å². The monoisotopic (exact) mass is 359 g/mol. The standard InChI is InChI=1S/C13H15N3O2.C2HF3O2/c1-2-18-12(17)8-16-6-5-9-3-4-10(13(14)15)7-11(9)16;3-2(4,5)1(6)7/h3-7H,2,8H2,1H3,(H3,14,15);(H,6,7). The number of carbonyl (C=O) groups is 2. The highest BCUT2D eigenvalue weighted by Gasteiger charge is 2.38. The van der Waals surface area contributed by atoms with Crippen LogP contribution in [0.2, 0.25) is 0 Å². The van der Waals surface area contributed by atoms with Crippen molar-refractivity contribution in [3.63, 3.8) is 0 Å². The molecule has 1 aromatic heterocycles. The van der Waals surface area contributed by atoms with Crippen molar-refractivity contribution < 1.29 is 32.6 Å². The Bertz CT molecular complexity index is 784. The molecule has 25 heavy (non-hydrogen) atoms. The molecule has 0 spiro atoms. The second kappa shape index (κ2) is 8.18. The summed E-state index contributed by atoms with van der Waals surface area (Å²) >= 11 is 0. The van der Waals surface area contributed by atoms with E-state index in [2.05, 4.69) is 0 Å². The number of hydrogen-bond acceptors (Lipinski definition) is 4. The first-order valence-electron chi connectivity index (χ1n) is 6.95. The zero-order chi connectivity index (χ0) is 19.2. The van der Waals surface area contributed by atoms with Crippen molar-refractivity contribution in [1.82, 2.24) is 4.57 Å². The molecule has 0 amide bonds. The van der Waals surface area contributed by atoms with Crippen molar-refractivity contribution >= 4 is 28.7 Å². The first kappa shape index (κ1) is 20.0. The Kier molecular flexibility index (Phi) is 6.54. The van der Waals surface area contributed by atoms with E-state index in [9.17, 15) is 18.0 Å². The number of hydrogen-bond donors (Lipinski definition) is 3. The lowest BCUT2D eigenvalue weighted by Crippen LogP contribution is -2.21. The van der Waals surface area contributed by atoms with Crippen LogP contribution in [0.1, 0.15) is 12.5 Å². The molecule has 7 nitrogen and oxygen atoms in total. The fourth-order valence-electron chi connectivity index (χ4n) is 1.84. The quantitative estimate of drug-likeness (QED) is 0.439. The fourth-order valence-corrected chi connectivity index (χ4v) is 1.84. The van der Waals surface area contributed by atoms with Gasteiger partial charge in [-0.05, 0) is 24.4 Å². The summed E-state index contributed by atoms with van der Waals surface area (Å²) in [6, 6.07) is 7.39. The van der Waals surface area contributed by atoms with Gasteiger partial charge < -0.3 is 20.1 Å².